The summed E-state index contributed by atoms with van der Waals surface area (Å²) in [4.78, 5) is 18.7. The molecule has 0 heterocycles. The summed E-state index contributed by atoms with van der Waals surface area (Å²) in [7, 11) is -4.70. The first-order chi connectivity index (χ1) is 14.4. The summed E-state index contributed by atoms with van der Waals surface area (Å²) in [6, 6.07) is 22.6. The molecular formula is C23H25O6P. The molecule has 0 aliphatic carbocycles. The summed E-state index contributed by atoms with van der Waals surface area (Å²) in [6.07, 6.45) is 1.000. The van der Waals surface area contributed by atoms with E-state index in [1.807, 2.05) is 66.7 Å². The Labute approximate surface area is 176 Å². The highest BCUT2D eigenvalue weighted by atomic mass is 31.2. The van der Waals surface area contributed by atoms with Crippen LogP contribution in [0.2, 0.25) is 0 Å². The van der Waals surface area contributed by atoms with Crippen molar-refractivity contribution < 1.29 is 28.3 Å². The minimum Gasteiger partial charge on any atom is -0.493 e. The van der Waals surface area contributed by atoms with Crippen LogP contribution in [-0.4, -0.2) is 23.0 Å². The fraction of sp³-hybridized carbons (Fsp3) is 0.217. The average Bonchev–Trinajstić information content (AvgIpc) is 2.72. The van der Waals surface area contributed by atoms with E-state index in [1.165, 1.54) is 0 Å². The Bertz CT molecular complexity index is 985. The number of ether oxygens (including phenoxy) is 2. The molecule has 0 radical (unpaired) electrons. The zero-order valence-corrected chi connectivity index (χ0v) is 17.6. The van der Waals surface area contributed by atoms with Gasteiger partial charge in [0.1, 0.15) is 17.2 Å². The number of hydrogen-bond acceptors (Lipinski definition) is 4. The number of para-hydroxylation sites is 2. The van der Waals surface area contributed by atoms with Crippen LogP contribution in [0.3, 0.4) is 0 Å². The largest absolute Gasteiger partial charge is 0.524 e. The van der Waals surface area contributed by atoms with Gasteiger partial charge in [-0.2, -0.15) is 0 Å². The lowest BCUT2D eigenvalue weighted by atomic mass is 9.98. The van der Waals surface area contributed by atoms with Gasteiger partial charge in [0.25, 0.3) is 0 Å². The van der Waals surface area contributed by atoms with Crippen molar-refractivity contribution in [3.05, 3.63) is 89.5 Å². The van der Waals surface area contributed by atoms with Gasteiger partial charge in [0, 0.05) is 18.4 Å². The maximum absolute atomic E-state index is 11.5. The highest BCUT2D eigenvalue weighted by Gasteiger charge is 2.22. The Kier molecular flexibility index (Phi) is 7.52. The lowest BCUT2D eigenvalue weighted by molar-refractivity contribution is 0.278. The van der Waals surface area contributed by atoms with Crippen LogP contribution in [0, 0.1) is 6.92 Å². The number of phosphoric acid groups is 1. The summed E-state index contributed by atoms with van der Waals surface area (Å²) >= 11 is 0. The van der Waals surface area contributed by atoms with E-state index in [4.69, 9.17) is 14.0 Å². The molecule has 3 rings (SSSR count). The third-order valence-corrected chi connectivity index (χ3v) is 4.93. The first-order valence-corrected chi connectivity index (χ1v) is 11.2. The monoisotopic (exact) mass is 428 g/mol. The maximum atomic E-state index is 11.5. The minimum absolute atomic E-state index is 0.206. The predicted octanol–water partition coefficient (Wildman–Crippen LogP) is 4.71. The Morgan fingerprint density at radius 2 is 1.30 bits per heavy atom. The zero-order chi connectivity index (χ0) is 21.4. The molecule has 0 atom stereocenters. The molecule has 7 heteroatoms. The van der Waals surface area contributed by atoms with Gasteiger partial charge in [-0.1, -0.05) is 48.5 Å². The van der Waals surface area contributed by atoms with Gasteiger partial charge < -0.3 is 14.0 Å². The normalized spacial score (nSPS) is 11.2. The molecule has 6 nitrogen and oxygen atoms in total. The van der Waals surface area contributed by atoms with E-state index < -0.39 is 7.82 Å². The smallest absolute Gasteiger partial charge is 0.493 e. The quantitative estimate of drug-likeness (QED) is 0.455. The molecule has 0 aliphatic heterocycles. The second-order valence-electron chi connectivity index (χ2n) is 6.75. The summed E-state index contributed by atoms with van der Waals surface area (Å²) in [6.45, 7) is 2.53. The average molecular weight is 428 g/mol. The summed E-state index contributed by atoms with van der Waals surface area (Å²) in [5.41, 5.74) is 2.27. The predicted molar refractivity (Wildman–Crippen MR) is 115 cm³/mol. The van der Waals surface area contributed by atoms with Crippen LogP contribution in [0.25, 0.3) is 0 Å². The minimum atomic E-state index is -4.70. The van der Waals surface area contributed by atoms with Gasteiger partial charge in [0.05, 0.1) is 13.2 Å². The van der Waals surface area contributed by atoms with Crippen molar-refractivity contribution in [2.45, 2.75) is 19.8 Å². The molecule has 3 aromatic rings. The first kappa shape index (κ1) is 21.9. The molecule has 30 heavy (non-hydrogen) atoms. The number of benzene rings is 3. The van der Waals surface area contributed by atoms with Crippen LogP contribution < -0.4 is 14.0 Å². The van der Waals surface area contributed by atoms with E-state index in [1.54, 1.807) is 13.0 Å². The SMILES string of the molecule is Cc1ccc(CCOc2ccccc2)c(CCOc2ccccc2)c1OP(=O)(O)O. The number of rotatable bonds is 10. The molecule has 2 N–H and O–H groups in total. The van der Waals surface area contributed by atoms with Gasteiger partial charge >= 0.3 is 7.82 Å². The molecule has 0 unspecified atom stereocenters. The van der Waals surface area contributed by atoms with Gasteiger partial charge in [-0.05, 0) is 42.3 Å². The van der Waals surface area contributed by atoms with Crippen molar-refractivity contribution in [1.29, 1.82) is 0 Å². The fourth-order valence-corrected chi connectivity index (χ4v) is 3.62. The van der Waals surface area contributed by atoms with Gasteiger partial charge in [-0.15, -0.1) is 0 Å². The van der Waals surface area contributed by atoms with E-state index in [-0.39, 0.29) is 5.75 Å². The molecule has 0 aliphatic rings. The standard InChI is InChI=1S/C23H25O6P/c1-18-12-13-19(14-16-27-20-8-4-2-5-9-20)22(23(18)29-30(24,25)26)15-17-28-21-10-6-3-7-11-21/h2-13H,14-17H2,1H3,(H2,24,25,26). The van der Waals surface area contributed by atoms with E-state index in [0.29, 0.717) is 37.2 Å². The summed E-state index contributed by atoms with van der Waals surface area (Å²) < 4.78 is 28.1. The molecule has 0 amide bonds. The van der Waals surface area contributed by atoms with Crippen LogP contribution in [-0.2, 0) is 17.4 Å². The molecule has 158 valence electrons. The second-order valence-corrected chi connectivity index (χ2v) is 7.92. The summed E-state index contributed by atoms with van der Waals surface area (Å²) in [5, 5.41) is 0. The Hall–Kier alpha value is -2.79. The molecule has 0 aromatic heterocycles. The lowest BCUT2D eigenvalue weighted by Crippen LogP contribution is -2.10. The molecule has 0 saturated heterocycles. The van der Waals surface area contributed by atoms with Crippen LogP contribution in [0.5, 0.6) is 17.2 Å². The Morgan fingerprint density at radius 1 is 0.767 bits per heavy atom. The third kappa shape index (κ3) is 6.63. The van der Waals surface area contributed by atoms with E-state index in [9.17, 15) is 14.4 Å². The molecular weight excluding hydrogens is 403 g/mol. The first-order valence-electron chi connectivity index (χ1n) is 9.64. The van der Waals surface area contributed by atoms with Crippen LogP contribution in [0.15, 0.2) is 72.8 Å². The van der Waals surface area contributed by atoms with Crippen molar-refractivity contribution >= 4 is 7.82 Å². The molecule has 0 saturated carbocycles. The number of aryl methyl sites for hydroxylation is 1. The van der Waals surface area contributed by atoms with E-state index >= 15 is 0 Å². The van der Waals surface area contributed by atoms with Gasteiger partial charge in [0.15, 0.2) is 0 Å². The van der Waals surface area contributed by atoms with Crippen molar-refractivity contribution in [2.75, 3.05) is 13.2 Å². The van der Waals surface area contributed by atoms with Crippen molar-refractivity contribution in [3.63, 3.8) is 0 Å². The second kappa shape index (κ2) is 10.3. The molecule has 0 bridgehead atoms. The maximum Gasteiger partial charge on any atom is 0.524 e. The molecule has 3 aromatic carbocycles. The lowest BCUT2D eigenvalue weighted by Gasteiger charge is -2.19. The van der Waals surface area contributed by atoms with Gasteiger partial charge in [-0.25, -0.2) is 4.57 Å². The Balaban J connectivity index is 1.77. The topological polar surface area (TPSA) is 85.2 Å². The van der Waals surface area contributed by atoms with Crippen molar-refractivity contribution in [3.8, 4) is 17.2 Å². The van der Waals surface area contributed by atoms with E-state index in [2.05, 4.69) is 0 Å². The van der Waals surface area contributed by atoms with Gasteiger partial charge in [0.2, 0.25) is 0 Å². The summed E-state index contributed by atoms with van der Waals surface area (Å²) in [5.74, 6) is 1.71. The number of hydrogen-bond donors (Lipinski definition) is 2. The van der Waals surface area contributed by atoms with Crippen molar-refractivity contribution in [1.82, 2.24) is 0 Å². The van der Waals surface area contributed by atoms with Crippen LogP contribution in [0.4, 0.5) is 0 Å². The zero-order valence-electron chi connectivity index (χ0n) is 16.7. The molecule has 0 spiro atoms. The number of phosphoric ester groups is 1. The Morgan fingerprint density at radius 3 is 1.83 bits per heavy atom. The highest BCUT2D eigenvalue weighted by Crippen LogP contribution is 2.42. The van der Waals surface area contributed by atoms with Gasteiger partial charge in [-0.3, -0.25) is 9.79 Å². The van der Waals surface area contributed by atoms with Crippen LogP contribution in [0.1, 0.15) is 16.7 Å². The molecule has 0 fully saturated rings. The third-order valence-electron chi connectivity index (χ3n) is 4.51. The fourth-order valence-electron chi connectivity index (χ4n) is 3.12. The van der Waals surface area contributed by atoms with Crippen molar-refractivity contribution in [2.24, 2.45) is 0 Å². The highest BCUT2D eigenvalue weighted by molar-refractivity contribution is 7.46. The van der Waals surface area contributed by atoms with Crippen LogP contribution >= 0.6 is 7.82 Å². The van der Waals surface area contributed by atoms with E-state index in [0.717, 1.165) is 17.1 Å².